The monoisotopic (exact) mass is 263 g/mol. The lowest BCUT2D eigenvalue weighted by Gasteiger charge is -2.23. The van der Waals surface area contributed by atoms with Crippen molar-refractivity contribution in [3.8, 4) is 0 Å². The highest BCUT2D eigenvalue weighted by Gasteiger charge is 2.25. The van der Waals surface area contributed by atoms with E-state index in [9.17, 15) is 0 Å². The van der Waals surface area contributed by atoms with Crippen LogP contribution in [0.2, 0.25) is 0 Å². The highest BCUT2D eigenvalue weighted by Crippen LogP contribution is 2.33. The minimum atomic E-state index is 0.777. The lowest BCUT2D eigenvalue weighted by Crippen LogP contribution is -2.27. The van der Waals surface area contributed by atoms with Crippen LogP contribution in [0.5, 0.6) is 0 Å². The van der Waals surface area contributed by atoms with Crippen LogP contribution in [0.25, 0.3) is 0 Å². The van der Waals surface area contributed by atoms with Crippen molar-refractivity contribution < 1.29 is 0 Å². The molecule has 0 saturated heterocycles. The van der Waals surface area contributed by atoms with Gasteiger partial charge in [0.1, 0.15) is 0 Å². The van der Waals surface area contributed by atoms with Crippen LogP contribution in [0.1, 0.15) is 50.9 Å². The molecule has 0 amide bonds. The average Bonchev–Trinajstić information content (AvgIpc) is 3.07. The lowest BCUT2D eigenvalue weighted by molar-refractivity contribution is 0.321. The van der Waals surface area contributed by atoms with Crippen molar-refractivity contribution in [2.45, 2.75) is 58.9 Å². The van der Waals surface area contributed by atoms with E-state index in [0.717, 1.165) is 31.3 Å². The van der Waals surface area contributed by atoms with Gasteiger partial charge in [0.25, 0.3) is 0 Å². The summed E-state index contributed by atoms with van der Waals surface area (Å²) in [6, 6.07) is 2.32. The molecule has 3 heteroatoms. The molecule has 2 rings (SSSR count). The number of hydrogen-bond acceptors (Lipinski definition) is 2. The molecule has 1 unspecified atom stereocenters. The van der Waals surface area contributed by atoms with Crippen LogP contribution < -0.4 is 5.32 Å². The molecule has 1 aromatic heterocycles. The second-order valence-electron chi connectivity index (χ2n) is 5.86. The predicted octanol–water partition coefficient (Wildman–Crippen LogP) is 3.03. The van der Waals surface area contributed by atoms with Gasteiger partial charge in [-0.05, 0) is 51.3 Å². The van der Waals surface area contributed by atoms with E-state index in [4.69, 9.17) is 0 Å². The molecule has 1 fully saturated rings. The van der Waals surface area contributed by atoms with Crippen molar-refractivity contribution in [2.24, 2.45) is 11.8 Å². The minimum Gasteiger partial charge on any atom is -0.319 e. The van der Waals surface area contributed by atoms with E-state index in [2.05, 4.69) is 42.1 Å². The Hall–Kier alpha value is -0.830. The van der Waals surface area contributed by atoms with E-state index in [1.165, 1.54) is 43.5 Å². The first-order chi connectivity index (χ1) is 9.28. The summed E-state index contributed by atoms with van der Waals surface area (Å²) in [6.07, 6.45) is 7.93. The zero-order valence-corrected chi connectivity index (χ0v) is 12.8. The molecule has 0 spiro atoms. The quantitative estimate of drug-likeness (QED) is 0.819. The van der Waals surface area contributed by atoms with Gasteiger partial charge >= 0.3 is 0 Å². The Morgan fingerprint density at radius 2 is 2.11 bits per heavy atom. The Kier molecular flexibility index (Phi) is 5.44. The first-order valence-corrected chi connectivity index (χ1v) is 7.98. The molecular formula is C16H29N3. The third-order valence-corrected chi connectivity index (χ3v) is 4.58. The highest BCUT2D eigenvalue weighted by molar-refractivity contribution is 5.11. The second kappa shape index (κ2) is 7.09. The van der Waals surface area contributed by atoms with E-state index in [1.54, 1.807) is 0 Å². The molecule has 19 heavy (non-hydrogen) atoms. The number of hydrogen-bond donors (Lipinski definition) is 1. The molecule has 1 heterocycles. The molecule has 1 saturated carbocycles. The van der Waals surface area contributed by atoms with Crippen LogP contribution in [0.4, 0.5) is 0 Å². The fourth-order valence-corrected chi connectivity index (χ4v) is 3.49. The van der Waals surface area contributed by atoms with Crippen LogP contribution >= 0.6 is 0 Å². The predicted molar refractivity (Wildman–Crippen MR) is 80.4 cm³/mol. The molecule has 108 valence electrons. The minimum absolute atomic E-state index is 0.777. The van der Waals surface area contributed by atoms with Crippen LogP contribution in [-0.4, -0.2) is 23.4 Å². The third kappa shape index (κ3) is 3.59. The van der Waals surface area contributed by atoms with Gasteiger partial charge in [0.15, 0.2) is 0 Å². The summed E-state index contributed by atoms with van der Waals surface area (Å²) in [5, 5.41) is 8.08. The summed E-state index contributed by atoms with van der Waals surface area (Å²) in [4.78, 5) is 0. The van der Waals surface area contributed by atoms with Crippen LogP contribution in [0, 0.1) is 11.8 Å². The van der Waals surface area contributed by atoms with Crippen molar-refractivity contribution in [1.29, 1.82) is 0 Å². The number of nitrogens with zero attached hydrogens (tertiary/aromatic N) is 2. The fourth-order valence-electron chi connectivity index (χ4n) is 3.49. The second-order valence-corrected chi connectivity index (χ2v) is 5.86. The summed E-state index contributed by atoms with van der Waals surface area (Å²) < 4.78 is 2.20. The number of nitrogens with one attached hydrogen (secondary N) is 1. The van der Waals surface area contributed by atoms with Crippen LogP contribution in [0.15, 0.2) is 6.07 Å². The van der Waals surface area contributed by atoms with Gasteiger partial charge in [-0.2, -0.15) is 5.10 Å². The molecule has 1 N–H and O–H groups in total. The van der Waals surface area contributed by atoms with Crippen LogP contribution in [0.3, 0.4) is 0 Å². The van der Waals surface area contributed by atoms with Crippen molar-refractivity contribution in [3.63, 3.8) is 0 Å². The third-order valence-electron chi connectivity index (χ3n) is 4.58. The van der Waals surface area contributed by atoms with Gasteiger partial charge in [0, 0.05) is 12.2 Å². The molecule has 1 atom stereocenters. The molecule has 3 nitrogen and oxygen atoms in total. The average molecular weight is 263 g/mol. The Morgan fingerprint density at radius 1 is 1.37 bits per heavy atom. The SMILES string of the molecule is CCc1cc(CC(CNC)C2CCCC2)n(CC)n1. The van der Waals surface area contributed by atoms with E-state index in [0.29, 0.717) is 0 Å². The van der Waals surface area contributed by atoms with Gasteiger partial charge < -0.3 is 5.32 Å². The van der Waals surface area contributed by atoms with Crippen LogP contribution in [-0.2, 0) is 19.4 Å². The van der Waals surface area contributed by atoms with Gasteiger partial charge in [0.05, 0.1) is 5.69 Å². The van der Waals surface area contributed by atoms with E-state index in [-0.39, 0.29) is 0 Å². The van der Waals surface area contributed by atoms with Gasteiger partial charge in [-0.25, -0.2) is 0 Å². The molecule has 0 bridgehead atoms. The maximum Gasteiger partial charge on any atom is 0.0624 e. The van der Waals surface area contributed by atoms with E-state index >= 15 is 0 Å². The van der Waals surface area contributed by atoms with E-state index in [1.807, 2.05) is 0 Å². The largest absolute Gasteiger partial charge is 0.319 e. The summed E-state index contributed by atoms with van der Waals surface area (Å²) in [5.41, 5.74) is 2.68. The van der Waals surface area contributed by atoms with E-state index < -0.39 is 0 Å². The molecule has 1 aliphatic carbocycles. The maximum atomic E-state index is 4.68. The molecule has 0 aromatic carbocycles. The molecule has 0 radical (unpaired) electrons. The zero-order chi connectivity index (χ0) is 13.7. The summed E-state index contributed by atoms with van der Waals surface area (Å²) in [5.74, 6) is 1.69. The standard InChI is InChI=1S/C16H29N3/c1-4-15-11-16(19(5-2)18-15)10-14(12-17-3)13-8-6-7-9-13/h11,13-14,17H,4-10,12H2,1-3H3. The van der Waals surface area contributed by atoms with Crippen molar-refractivity contribution in [2.75, 3.05) is 13.6 Å². The summed E-state index contributed by atoms with van der Waals surface area (Å²) in [7, 11) is 2.08. The Labute approximate surface area is 117 Å². The van der Waals surface area contributed by atoms with Gasteiger partial charge in [0.2, 0.25) is 0 Å². The van der Waals surface area contributed by atoms with Gasteiger partial charge in [-0.3, -0.25) is 4.68 Å². The maximum absolute atomic E-state index is 4.68. The molecule has 1 aromatic rings. The molecule has 1 aliphatic rings. The first kappa shape index (κ1) is 14.6. The Morgan fingerprint density at radius 3 is 2.68 bits per heavy atom. The zero-order valence-electron chi connectivity index (χ0n) is 12.8. The Bertz CT molecular complexity index is 377. The fraction of sp³-hybridized carbons (Fsp3) is 0.812. The van der Waals surface area contributed by atoms with Gasteiger partial charge in [-0.1, -0.05) is 32.6 Å². The number of aryl methyl sites for hydroxylation is 2. The van der Waals surface area contributed by atoms with Crippen molar-refractivity contribution in [3.05, 3.63) is 17.5 Å². The Balaban J connectivity index is 2.08. The molecule has 0 aliphatic heterocycles. The number of aromatic nitrogens is 2. The topological polar surface area (TPSA) is 29.9 Å². The first-order valence-electron chi connectivity index (χ1n) is 7.98. The van der Waals surface area contributed by atoms with Crippen molar-refractivity contribution >= 4 is 0 Å². The number of rotatable bonds is 7. The normalized spacial score (nSPS) is 18.1. The smallest absolute Gasteiger partial charge is 0.0624 e. The van der Waals surface area contributed by atoms with Crippen molar-refractivity contribution in [1.82, 2.24) is 15.1 Å². The molecular weight excluding hydrogens is 234 g/mol. The summed E-state index contributed by atoms with van der Waals surface area (Å²) >= 11 is 0. The highest BCUT2D eigenvalue weighted by atomic mass is 15.3. The lowest BCUT2D eigenvalue weighted by atomic mass is 9.87. The van der Waals surface area contributed by atoms with Gasteiger partial charge in [-0.15, -0.1) is 0 Å². The summed E-state index contributed by atoms with van der Waals surface area (Å²) in [6.45, 7) is 6.51.